The van der Waals surface area contributed by atoms with E-state index in [4.69, 9.17) is 0 Å². The summed E-state index contributed by atoms with van der Waals surface area (Å²) in [6.07, 6.45) is 0. The van der Waals surface area contributed by atoms with Crippen LogP contribution in [0.5, 0.6) is 0 Å². The van der Waals surface area contributed by atoms with E-state index in [-0.39, 0.29) is 9.79 Å². The SMILES string of the molecule is O=[SH](=O)c1ccc(Sc2ccc([SH](=O)=O)cc2)cc1. The molecule has 0 N–H and O–H groups in total. The molecule has 19 heavy (non-hydrogen) atoms. The zero-order chi connectivity index (χ0) is 13.8. The van der Waals surface area contributed by atoms with Crippen molar-refractivity contribution in [3.8, 4) is 0 Å². The average molecular weight is 314 g/mol. The van der Waals surface area contributed by atoms with Crippen LogP contribution in [-0.4, -0.2) is 16.8 Å². The van der Waals surface area contributed by atoms with E-state index in [1.54, 1.807) is 24.3 Å². The van der Waals surface area contributed by atoms with Gasteiger partial charge >= 0.3 is 0 Å². The molecule has 4 nitrogen and oxygen atoms in total. The molecule has 2 aromatic carbocycles. The second-order valence-electron chi connectivity index (χ2n) is 3.60. The fraction of sp³-hybridized carbons (Fsp3) is 0. The smallest absolute Gasteiger partial charge is 0.168 e. The normalized spacial score (nSPS) is 11.1. The van der Waals surface area contributed by atoms with E-state index in [0.717, 1.165) is 9.79 Å². The third-order valence-electron chi connectivity index (χ3n) is 2.33. The molecule has 0 amide bonds. The molecule has 0 saturated carbocycles. The second-order valence-corrected chi connectivity index (χ2v) is 6.81. The highest BCUT2D eigenvalue weighted by Gasteiger charge is 2.00. The maximum Gasteiger partial charge on any atom is 0.168 e. The Morgan fingerprint density at radius 2 is 0.895 bits per heavy atom. The highest BCUT2D eigenvalue weighted by Crippen LogP contribution is 2.28. The molecule has 0 unspecified atom stereocenters. The molecule has 2 aromatic rings. The van der Waals surface area contributed by atoms with Gasteiger partial charge < -0.3 is 0 Å². The molecule has 0 saturated heterocycles. The summed E-state index contributed by atoms with van der Waals surface area (Å²) < 4.78 is 43.0. The Balaban J connectivity index is 2.16. The van der Waals surface area contributed by atoms with E-state index >= 15 is 0 Å². The largest absolute Gasteiger partial charge is 0.227 e. The van der Waals surface area contributed by atoms with E-state index in [1.165, 1.54) is 36.0 Å². The molecule has 0 bridgehead atoms. The Bertz CT molecular complexity index is 634. The van der Waals surface area contributed by atoms with Crippen molar-refractivity contribution in [2.45, 2.75) is 19.6 Å². The van der Waals surface area contributed by atoms with Crippen molar-refractivity contribution < 1.29 is 16.8 Å². The van der Waals surface area contributed by atoms with Crippen molar-refractivity contribution in [2.75, 3.05) is 0 Å². The molecule has 7 heteroatoms. The summed E-state index contributed by atoms with van der Waals surface area (Å²) in [7, 11) is -5.11. The van der Waals surface area contributed by atoms with Crippen molar-refractivity contribution in [1.82, 2.24) is 0 Å². The standard InChI is InChI=1S/C12H10O4S3/c13-18(14)11-5-1-9(2-6-11)17-10-3-7-12(8-4-10)19(15)16/h1-8,18-19H. The summed E-state index contributed by atoms with van der Waals surface area (Å²) in [5, 5.41) is 0. The zero-order valence-corrected chi connectivity index (χ0v) is 12.2. The summed E-state index contributed by atoms with van der Waals surface area (Å²) in [4.78, 5) is 2.33. The molecule has 0 aliphatic rings. The zero-order valence-electron chi connectivity index (χ0n) is 9.55. The third kappa shape index (κ3) is 3.82. The third-order valence-corrected chi connectivity index (χ3v) is 4.79. The summed E-state index contributed by atoms with van der Waals surface area (Å²) in [5.74, 6) is 0. The van der Waals surface area contributed by atoms with Gasteiger partial charge in [0, 0.05) is 9.79 Å². The van der Waals surface area contributed by atoms with Crippen molar-refractivity contribution in [1.29, 1.82) is 0 Å². The van der Waals surface area contributed by atoms with Crippen LogP contribution < -0.4 is 0 Å². The predicted octanol–water partition coefficient (Wildman–Crippen LogP) is 1.78. The monoisotopic (exact) mass is 314 g/mol. The van der Waals surface area contributed by atoms with Gasteiger partial charge in [0.25, 0.3) is 0 Å². The first-order chi connectivity index (χ1) is 9.06. The molecule has 0 spiro atoms. The average Bonchev–Trinajstić information content (AvgIpc) is 2.40. The van der Waals surface area contributed by atoms with E-state index in [2.05, 4.69) is 0 Å². The lowest BCUT2D eigenvalue weighted by Crippen LogP contribution is -1.81. The van der Waals surface area contributed by atoms with Gasteiger partial charge in [-0.3, -0.25) is 0 Å². The Morgan fingerprint density at radius 1 is 0.579 bits per heavy atom. The Hall–Kier alpha value is -1.31. The molecular formula is C12H10O4S3. The van der Waals surface area contributed by atoms with Gasteiger partial charge in [0.05, 0.1) is 9.79 Å². The molecule has 0 aromatic heterocycles. The lowest BCUT2D eigenvalue weighted by atomic mass is 10.4. The maximum atomic E-state index is 10.7. The second kappa shape index (κ2) is 6.23. The molecule has 2 rings (SSSR count). The summed E-state index contributed by atoms with van der Waals surface area (Å²) in [6, 6.07) is 13.0. The lowest BCUT2D eigenvalue weighted by molar-refractivity contribution is 0.613. The van der Waals surface area contributed by atoms with Gasteiger partial charge in [0.2, 0.25) is 0 Å². The summed E-state index contributed by atoms with van der Waals surface area (Å²) >= 11 is 1.43. The first kappa shape index (κ1) is 14.1. The van der Waals surface area contributed by atoms with Crippen LogP contribution in [0.3, 0.4) is 0 Å². The number of hydrogen-bond donors (Lipinski definition) is 2. The Morgan fingerprint density at radius 3 is 1.16 bits per heavy atom. The van der Waals surface area contributed by atoms with Gasteiger partial charge in [-0.2, -0.15) is 0 Å². The summed E-state index contributed by atoms with van der Waals surface area (Å²) in [5.41, 5.74) is 0. The summed E-state index contributed by atoms with van der Waals surface area (Å²) in [6.45, 7) is 0. The highest BCUT2D eigenvalue weighted by molar-refractivity contribution is 7.99. The highest BCUT2D eigenvalue weighted by atomic mass is 32.2. The van der Waals surface area contributed by atoms with Gasteiger partial charge in [-0.05, 0) is 48.5 Å². The van der Waals surface area contributed by atoms with E-state index in [9.17, 15) is 16.8 Å². The lowest BCUT2D eigenvalue weighted by Gasteiger charge is -2.02. The fourth-order valence-corrected chi connectivity index (χ4v) is 3.01. The molecule has 0 fully saturated rings. The van der Waals surface area contributed by atoms with Crippen LogP contribution in [0.2, 0.25) is 0 Å². The van der Waals surface area contributed by atoms with Gasteiger partial charge in [-0.15, -0.1) is 0 Å². The minimum Gasteiger partial charge on any atom is -0.227 e. The topological polar surface area (TPSA) is 68.3 Å². The van der Waals surface area contributed by atoms with Gasteiger partial charge in [-0.25, -0.2) is 16.8 Å². The molecule has 0 heterocycles. The van der Waals surface area contributed by atoms with Gasteiger partial charge in [-0.1, -0.05) is 11.8 Å². The number of thiol groups is 2. The van der Waals surface area contributed by atoms with Crippen molar-refractivity contribution in [3.63, 3.8) is 0 Å². The first-order valence-corrected chi connectivity index (χ1v) is 8.40. The predicted molar refractivity (Wildman–Crippen MR) is 74.2 cm³/mol. The van der Waals surface area contributed by atoms with E-state index in [1.807, 2.05) is 0 Å². The van der Waals surface area contributed by atoms with Crippen LogP contribution in [0.4, 0.5) is 0 Å². The van der Waals surface area contributed by atoms with Crippen LogP contribution >= 0.6 is 11.8 Å². The maximum absolute atomic E-state index is 10.7. The number of rotatable bonds is 4. The van der Waals surface area contributed by atoms with Crippen LogP contribution in [0, 0.1) is 0 Å². The van der Waals surface area contributed by atoms with E-state index < -0.39 is 21.4 Å². The number of benzene rings is 2. The van der Waals surface area contributed by atoms with Crippen LogP contribution in [0.1, 0.15) is 0 Å². The Labute approximate surface area is 118 Å². The quantitative estimate of drug-likeness (QED) is 0.842. The first-order valence-electron chi connectivity index (χ1n) is 5.23. The molecule has 0 aliphatic heterocycles. The minimum atomic E-state index is -2.56. The Kier molecular flexibility index (Phi) is 4.62. The van der Waals surface area contributed by atoms with Crippen molar-refractivity contribution in [2.24, 2.45) is 0 Å². The fourth-order valence-electron chi connectivity index (χ4n) is 1.41. The van der Waals surface area contributed by atoms with Crippen LogP contribution in [0.15, 0.2) is 68.1 Å². The molecule has 100 valence electrons. The van der Waals surface area contributed by atoms with Crippen LogP contribution in [0.25, 0.3) is 0 Å². The van der Waals surface area contributed by atoms with Gasteiger partial charge in [0.15, 0.2) is 21.4 Å². The van der Waals surface area contributed by atoms with Crippen molar-refractivity contribution in [3.05, 3.63) is 48.5 Å². The van der Waals surface area contributed by atoms with Gasteiger partial charge in [0.1, 0.15) is 0 Å². The molecule has 0 atom stereocenters. The molecule has 0 aliphatic carbocycles. The van der Waals surface area contributed by atoms with E-state index in [0.29, 0.717) is 0 Å². The molecular weight excluding hydrogens is 304 g/mol. The molecule has 0 radical (unpaired) electrons. The van der Waals surface area contributed by atoms with Crippen LogP contribution in [-0.2, 0) is 21.4 Å². The van der Waals surface area contributed by atoms with Crippen molar-refractivity contribution >= 4 is 33.2 Å². The number of hydrogen-bond acceptors (Lipinski definition) is 5. The minimum absolute atomic E-state index is 0.276.